The number of hydrogen-bond acceptors (Lipinski definition) is 3. The number of pyridine rings is 1. The van der Waals surface area contributed by atoms with Gasteiger partial charge >= 0.3 is 0 Å². The third-order valence-electron chi connectivity index (χ3n) is 2.96. The van der Waals surface area contributed by atoms with Crippen LogP contribution < -0.4 is 5.73 Å². The summed E-state index contributed by atoms with van der Waals surface area (Å²) in [6.07, 6.45) is 4.23. The monoisotopic (exact) mass is 238 g/mol. The number of para-hydroxylation sites is 2. The van der Waals surface area contributed by atoms with Crippen molar-refractivity contribution < 1.29 is 0 Å². The molecule has 0 bridgehead atoms. The standard InChI is InChI=1S/C14H14N4/c15-11(10-4-3-7-16-9-10)8-14-17-12-5-1-2-6-13(12)18-14/h1-7,9,11H,8,15H2,(H,17,18)/t11-/m0/s1. The summed E-state index contributed by atoms with van der Waals surface area (Å²) in [6.45, 7) is 0. The summed E-state index contributed by atoms with van der Waals surface area (Å²) in [6, 6.07) is 11.8. The molecule has 0 saturated heterocycles. The van der Waals surface area contributed by atoms with Gasteiger partial charge in [0.25, 0.3) is 0 Å². The van der Waals surface area contributed by atoms with Gasteiger partial charge in [-0.15, -0.1) is 0 Å². The van der Waals surface area contributed by atoms with Crippen molar-refractivity contribution >= 4 is 11.0 Å². The number of H-pyrrole nitrogens is 1. The van der Waals surface area contributed by atoms with E-state index < -0.39 is 0 Å². The number of imidazole rings is 1. The van der Waals surface area contributed by atoms with Gasteiger partial charge in [-0.1, -0.05) is 18.2 Å². The Morgan fingerprint density at radius 1 is 1.17 bits per heavy atom. The Labute approximate surface area is 105 Å². The molecule has 1 aromatic carbocycles. The van der Waals surface area contributed by atoms with Crippen molar-refractivity contribution in [3.05, 3.63) is 60.2 Å². The van der Waals surface area contributed by atoms with Crippen LogP contribution in [0.25, 0.3) is 11.0 Å². The lowest BCUT2D eigenvalue weighted by Gasteiger charge is -2.08. The van der Waals surface area contributed by atoms with Crippen molar-refractivity contribution in [3.63, 3.8) is 0 Å². The fraction of sp³-hybridized carbons (Fsp3) is 0.143. The summed E-state index contributed by atoms with van der Waals surface area (Å²) in [5.41, 5.74) is 9.20. The summed E-state index contributed by atoms with van der Waals surface area (Å²) in [4.78, 5) is 11.9. The van der Waals surface area contributed by atoms with Gasteiger partial charge < -0.3 is 10.7 Å². The van der Waals surface area contributed by atoms with Gasteiger partial charge in [-0.05, 0) is 23.8 Å². The second kappa shape index (κ2) is 4.58. The maximum atomic E-state index is 6.15. The number of nitrogens with one attached hydrogen (secondary N) is 1. The number of fused-ring (bicyclic) bond motifs is 1. The minimum atomic E-state index is -0.0840. The van der Waals surface area contributed by atoms with Gasteiger partial charge in [0.2, 0.25) is 0 Å². The number of benzene rings is 1. The van der Waals surface area contributed by atoms with Crippen LogP contribution in [0.2, 0.25) is 0 Å². The molecule has 0 amide bonds. The highest BCUT2D eigenvalue weighted by atomic mass is 14.9. The van der Waals surface area contributed by atoms with Crippen LogP contribution in [-0.2, 0) is 6.42 Å². The minimum absolute atomic E-state index is 0.0840. The summed E-state index contributed by atoms with van der Waals surface area (Å²) in [7, 11) is 0. The number of aromatic amines is 1. The number of hydrogen-bond donors (Lipinski definition) is 2. The van der Waals surface area contributed by atoms with Crippen molar-refractivity contribution in [2.45, 2.75) is 12.5 Å². The second-order valence-electron chi connectivity index (χ2n) is 4.30. The first-order valence-corrected chi connectivity index (χ1v) is 5.92. The van der Waals surface area contributed by atoms with Gasteiger partial charge in [0.15, 0.2) is 0 Å². The Bertz CT molecular complexity index is 612. The van der Waals surface area contributed by atoms with E-state index in [0.29, 0.717) is 6.42 Å². The van der Waals surface area contributed by atoms with Crippen LogP contribution >= 0.6 is 0 Å². The molecule has 4 nitrogen and oxygen atoms in total. The maximum absolute atomic E-state index is 6.15. The third kappa shape index (κ3) is 2.10. The van der Waals surface area contributed by atoms with E-state index >= 15 is 0 Å². The number of nitrogens with zero attached hydrogens (tertiary/aromatic N) is 2. The first kappa shape index (κ1) is 10.9. The molecule has 0 aliphatic rings. The van der Waals surface area contributed by atoms with Gasteiger partial charge in [0.05, 0.1) is 11.0 Å². The van der Waals surface area contributed by atoms with Crippen molar-refractivity contribution in [3.8, 4) is 0 Å². The molecule has 0 aliphatic carbocycles. The SMILES string of the molecule is N[C@@H](Cc1nc2ccccc2[nH]1)c1cccnc1. The van der Waals surface area contributed by atoms with Gasteiger partial charge in [0.1, 0.15) is 5.82 Å². The summed E-state index contributed by atoms with van der Waals surface area (Å²) in [5, 5.41) is 0. The number of aromatic nitrogens is 3. The fourth-order valence-corrected chi connectivity index (χ4v) is 2.02. The zero-order valence-corrected chi connectivity index (χ0v) is 9.88. The molecule has 0 saturated carbocycles. The van der Waals surface area contributed by atoms with Gasteiger partial charge in [-0.3, -0.25) is 4.98 Å². The van der Waals surface area contributed by atoms with Crippen LogP contribution in [-0.4, -0.2) is 15.0 Å². The van der Waals surface area contributed by atoms with E-state index in [4.69, 9.17) is 5.73 Å². The Balaban J connectivity index is 1.84. The predicted molar refractivity (Wildman–Crippen MR) is 71.0 cm³/mol. The van der Waals surface area contributed by atoms with E-state index in [2.05, 4.69) is 15.0 Å². The molecule has 3 N–H and O–H groups in total. The van der Waals surface area contributed by atoms with Crippen LogP contribution in [0.1, 0.15) is 17.4 Å². The van der Waals surface area contributed by atoms with E-state index in [-0.39, 0.29) is 6.04 Å². The normalized spacial score (nSPS) is 12.7. The molecule has 90 valence electrons. The van der Waals surface area contributed by atoms with Crippen LogP contribution in [0.15, 0.2) is 48.8 Å². The third-order valence-corrected chi connectivity index (χ3v) is 2.96. The minimum Gasteiger partial charge on any atom is -0.342 e. The molecule has 0 fully saturated rings. The molecule has 2 aromatic heterocycles. The van der Waals surface area contributed by atoms with Gasteiger partial charge in [-0.2, -0.15) is 0 Å². The zero-order chi connectivity index (χ0) is 12.4. The molecule has 18 heavy (non-hydrogen) atoms. The van der Waals surface area contributed by atoms with Crippen molar-refractivity contribution in [2.75, 3.05) is 0 Å². The lowest BCUT2D eigenvalue weighted by atomic mass is 10.1. The fourth-order valence-electron chi connectivity index (χ4n) is 2.02. The first-order chi connectivity index (χ1) is 8.83. The molecule has 0 unspecified atom stereocenters. The second-order valence-corrected chi connectivity index (χ2v) is 4.30. The largest absolute Gasteiger partial charge is 0.342 e. The van der Waals surface area contributed by atoms with Crippen LogP contribution in [0.4, 0.5) is 0 Å². The molecule has 1 atom stereocenters. The number of rotatable bonds is 3. The maximum Gasteiger partial charge on any atom is 0.109 e. The Morgan fingerprint density at radius 3 is 2.83 bits per heavy atom. The van der Waals surface area contributed by atoms with E-state index in [9.17, 15) is 0 Å². The van der Waals surface area contributed by atoms with Crippen LogP contribution in [0.5, 0.6) is 0 Å². The lowest BCUT2D eigenvalue weighted by molar-refractivity contribution is 0.693. The topological polar surface area (TPSA) is 67.6 Å². The van der Waals surface area contributed by atoms with Crippen LogP contribution in [0, 0.1) is 0 Å². The average Bonchev–Trinajstić information content (AvgIpc) is 2.82. The Morgan fingerprint density at radius 2 is 2.06 bits per heavy atom. The van der Waals surface area contributed by atoms with Crippen molar-refractivity contribution in [1.29, 1.82) is 0 Å². The summed E-state index contributed by atoms with van der Waals surface area (Å²) >= 11 is 0. The smallest absolute Gasteiger partial charge is 0.109 e. The molecule has 0 spiro atoms. The molecule has 0 radical (unpaired) electrons. The predicted octanol–water partition coefficient (Wildman–Crippen LogP) is 2.20. The molecular weight excluding hydrogens is 224 g/mol. The van der Waals surface area contributed by atoms with E-state index in [1.165, 1.54) is 0 Å². The highest BCUT2D eigenvalue weighted by Crippen LogP contribution is 2.16. The number of nitrogens with two attached hydrogens (primary N) is 1. The summed E-state index contributed by atoms with van der Waals surface area (Å²) in [5.74, 6) is 0.910. The molecule has 4 heteroatoms. The van der Waals surface area contributed by atoms with E-state index in [1.54, 1.807) is 12.4 Å². The molecule has 3 aromatic rings. The van der Waals surface area contributed by atoms with Crippen LogP contribution in [0.3, 0.4) is 0 Å². The van der Waals surface area contributed by atoms with Crippen molar-refractivity contribution in [1.82, 2.24) is 15.0 Å². The molecule has 2 heterocycles. The van der Waals surface area contributed by atoms with E-state index in [0.717, 1.165) is 22.4 Å². The van der Waals surface area contributed by atoms with E-state index in [1.807, 2.05) is 36.4 Å². The molecular formula is C14H14N4. The lowest BCUT2D eigenvalue weighted by Crippen LogP contribution is -2.14. The quantitative estimate of drug-likeness (QED) is 0.735. The Hall–Kier alpha value is -2.20. The van der Waals surface area contributed by atoms with Gasteiger partial charge in [0, 0.05) is 24.9 Å². The zero-order valence-electron chi connectivity index (χ0n) is 9.88. The Kier molecular flexibility index (Phi) is 2.78. The van der Waals surface area contributed by atoms with Crippen molar-refractivity contribution in [2.24, 2.45) is 5.73 Å². The summed E-state index contributed by atoms with van der Waals surface area (Å²) < 4.78 is 0. The highest BCUT2D eigenvalue weighted by Gasteiger charge is 2.10. The first-order valence-electron chi connectivity index (χ1n) is 5.92. The molecule has 3 rings (SSSR count). The molecule has 0 aliphatic heterocycles. The van der Waals surface area contributed by atoms with Gasteiger partial charge in [-0.25, -0.2) is 4.98 Å². The highest BCUT2D eigenvalue weighted by molar-refractivity contribution is 5.74. The average molecular weight is 238 g/mol.